The topological polar surface area (TPSA) is 59.8 Å². The van der Waals surface area contributed by atoms with Gasteiger partial charge in [-0.3, -0.25) is 4.79 Å². The van der Waals surface area contributed by atoms with E-state index in [2.05, 4.69) is 31.3 Å². The molecule has 0 aliphatic rings. The predicted octanol–water partition coefficient (Wildman–Crippen LogP) is 1.66. The van der Waals surface area contributed by atoms with E-state index in [-0.39, 0.29) is 5.91 Å². The van der Waals surface area contributed by atoms with Crippen molar-refractivity contribution in [2.45, 2.75) is 6.54 Å². The lowest BCUT2D eigenvalue weighted by atomic mass is 10.2. The molecule has 5 nitrogen and oxygen atoms in total. The van der Waals surface area contributed by atoms with Crippen LogP contribution in [0, 0.1) is 0 Å². The van der Waals surface area contributed by atoms with Crippen LogP contribution in [-0.4, -0.2) is 26.0 Å². The third-order valence-electron chi connectivity index (χ3n) is 2.17. The zero-order chi connectivity index (χ0) is 12.1. The summed E-state index contributed by atoms with van der Waals surface area (Å²) in [7, 11) is 0. The van der Waals surface area contributed by atoms with Gasteiger partial charge in [-0.25, -0.2) is 9.67 Å². The number of benzene rings is 1. The smallest absolute Gasteiger partial charge is 0.235 e. The average molecular weight is 295 g/mol. The summed E-state index contributed by atoms with van der Waals surface area (Å²) in [5.41, 5.74) is 1.89. The number of anilines is 1. The molecule has 0 unspecified atom stereocenters. The van der Waals surface area contributed by atoms with Crippen LogP contribution < -0.4 is 5.32 Å². The maximum Gasteiger partial charge on any atom is 0.235 e. The number of amides is 1. The van der Waals surface area contributed by atoms with Crippen LogP contribution >= 0.6 is 15.9 Å². The number of hydrogen-bond donors (Lipinski definition) is 1. The SMILES string of the molecule is O=C(CBr)Nc1ccc(Cn2cncn2)cc1. The molecule has 0 aliphatic carbocycles. The van der Waals surface area contributed by atoms with Crippen molar-refractivity contribution in [3.63, 3.8) is 0 Å². The van der Waals surface area contributed by atoms with E-state index >= 15 is 0 Å². The minimum absolute atomic E-state index is 0.0611. The molecule has 0 fully saturated rings. The highest BCUT2D eigenvalue weighted by Gasteiger charge is 2.00. The van der Waals surface area contributed by atoms with Crippen molar-refractivity contribution in [2.75, 3.05) is 10.6 Å². The lowest BCUT2D eigenvalue weighted by Crippen LogP contribution is -2.12. The fraction of sp³-hybridized carbons (Fsp3) is 0.182. The van der Waals surface area contributed by atoms with Crippen molar-refractivity contribution < 1.29 is 4.79 Å². The van der Waals surface area contributed by atoms with Gasteiger partial charge in [0.2, 0.25) is 5.91 Å². The van der Waals surface area contributed by atoms with E-state index in [1.807, 2.05) is 24.3 Å². The second-order valence-electron chi connectivity index (χ2n) is 3.47. The number of rotatable bonds is 4. The van der Waals surface area contributed by atoms with E-state index in [0.29, 0.717) is 11.9 Å². The van der Waals surface area contributed by atoms with Gasteiger partial charge >= 0.3 is 0 Å². The summed E-state index contributed by atoms with van der Waals surface area (Å²) >= 11 is 3.10. The van der Waals surface area contributed by atoms with E-state index in [1.54, 1.807) is 11.0 Å². The van der Waals surface area contributed by atoms with Crippen molar-refractivity contribution in [3.8, 4) is 0 Å². The van der Waals surface area contributed by atoms with Gasteiger partial charge < -0.3 is 5.32 Å². The molecule has 0 aliphatic heterocycles. The Morgan fingerprint density at radius 2 is 2.12 bits per heavy atom. The summed E-state index contributed by atoms with van der Waals surface area (Å²) in [5.74, 6) is -0.0611. The minimum atomic E-state index is -0.0611. The van der Waals surface area contributed by atoms with E-state index < -0.39 is 0 Å². The van der Waals surface area contributed by atoms with Crippen LogP contribution in [0.3, 0.4) is 0 Å². The van der Waals surface area contributed by atoms with Gasteiger partial charge in [-0.2, -0.15) is 5.10 Å². The highest BCUT2D eigenvalue weighted by molar-refractivity contribution is 9.09. The summed E-state index contributed by atoms with van der Waals surface area (Å²) in [4.78, 5) is 15.0. The summed E-state index contributed by atoms with van der Waals surface area (Å²) in [5, 5.41) is 7.08. The molecule has 17 heavy (non-hydrogen) atoms. The van der Waals surface area contributed by atoms with Crippen LogP contribution in [0.5, 0.6) is 0 Å². The number of hydrogen-bond acceptors (Lipinski definition) is 3. The molecule has 6 heteroatoms. The van der Waals surface area contributed by atoms with Crippen LogP contribution in [0.4, 0.5) is 5.69 Å². The van der Waals surface area contributed by atoms with Crippen molar-refractivity contribution in [1.29, 1.82) is 0 Å². The number of nitrogens with zero attached hydrogens (tertiary/aromatic N) is 3. The number of carbonyl (C=O) groups is 1. The fourth-order valence-electron chi connectivity index (χ4n) is 1.39. The predicted molar refractivity (Wildman–Crippen MR) is 68.0 cm³/mol. The Morgan fingerprint density at radius 3 is 2.71 bits per heavy atom. The van der Waals surface area contributed by atoms with E-state index in [4.69, 9.17) is 0 Å². The van der Waals surface area contributed by atoms with Crippen LogP contribution in [0.1, 0.15) is 5.56 Å². The third kappa shape index (κ3) is 3.39. The molecular formula is C11H11BrN4O. The first-order chi connectivity index (χ1) is 8.28. The first-order valence-corrected chi connectivity index (χ1v) is 6.17. The lowest BCUT2D eigenvalue weighted by molar-refractivity contribution is -0.113. The number of nitrogens with one attached hydrogen (secondary N) is 1. The normalized spacial score (nSPS) is 10.2. The van der Waals surface area contributed by atoms with Gasteiger partial charge in [-0.05, 0) is 17.7 Å². The molecule has 0 atom stereocenters. The molecule has 1 aromatic carbocycles. The van der Waals surface area contributed by atoms with Crippen LogP contribution in [0.25, 0.3) is 0 Å². The maximum absolute atomic E-state index is 11.1. The van der Waals surface area contributed by atoms with Gasteiger partial charge in [0.25, 0.3) is 0 Å². The van der Waals surface area contributed by atoms with Crippen LogP contribution in [0.15, 0.2) is 36.9 Å². The van der Waals surface area contributed by atoms with Crippen molar-refractivity contribution in [3.05, 3.63) is 42.5 Å². The molecule has 1 amide bonds. The summed E-state index contributed by atoms with van der Waals surface area (Å²) in [6.45, 7) is 0.673. The molecule has 0 saturated carbocycles. The Hall–Kier alpha value is -1.69. The monoisotopic (exact) mass is 294 g/mol. The minimum Gasteiger partial charge on any atom is -0.325 e. The largest absolute Gasteiger partial charge is 0.325 e. The highest BCUT2D eigenvalue weighted by atomic mass is 79.9. The second kappa shape index (κ2) is 5.58. The molecule has 1 heterocycles. The molecule has 1 aromatic heterocycles. The maximum atomic E-state index is 11.1. The Morgan fingerprint density at radius 1 is 1.35 bits per heavy atom. The summed E-state index contributed by atoms with van der Waals surface area (Å²) in [6, 6.07) is 7.64. The van der Waals surface area contributed by atoms with Crippen molar-refractivity contribution in [2.24, 2.45) is 0 Å². The molecule has 0 spiro atoms. The number of aromatic nitrogens is 3. The average Bonchev–Trinajstić information content (AvgIpc) is 2.84. The molecule has 2 rings (SSSR count). The molecule has 2 aromatic rings. The van der Waals surface area contributed by atoms with Crippen molar-refractivity contribution in [1.82, 2.24) is 14.8 Å². The Bertz CT molecular complexity index is 481. The van der Waals surface area contributed by atoms with Crippen LogP contribution in [-0.2, 0) is 11.3 Å². The fourth-order valence-corrected chi connectivity index (χ4v) is 1.53. The van der Waals surface area contributed by atoms with Crippen LogP contribution in [0.2, 0.25) is 0 Å². The first-order valence-electron chi connectivity index (χ1n) is 5.05. The molecule has 0 radical (unpaired) electrons. The quantitative estimate of drug-likeness (QED) is 0.873. The highest BCUT2D eigenvalue weighted by Crippen LogP contribution is 2.10. The van der Waals surface area contributed by atoms with E-state index in [0.717, 1.165) is 11.3 Å². The molecular weight excluding hydrogens is 284 g/mol. The van der Waals surface area contributed by atoms with Gasteiger partial charge in [-0.1, -0.05) is 28.1 Å². The number of carbonyl (C=O) groups excluding carboxylic acids is 1. The molecule has 0 bridgehead atoms. The van der Waals surface area contributed by atoms with Gasteiger partial charge in [-0.15, -0.1) is 0 Å². The zero-order valence-corrected chi connectivity index (χ0v) is 10.6. The van der Waals surface area contributed by atoms with Gasteiger partial charge in [0.1, 0.15) is 12.7 Å². The first kappa shape index (κ1) is 11.8. The van der Waals surface area contributed by atoms with Gasteiger partial charge in [0.05, 0.1) is 11.9 Å². The number of halogens is 1. The second-order valence-corrected chi connectivity index (χ2v) is 4.03. The third-order valence-corrected chi connectivity index (χ3v) is 2.68. The molecule has 88 valence electrons. The zero-order valence-electron chi connectivity index (χ0n) is 9.01. The lowest BCUT2D eigenvalue weighted by Gasteiger charge is -2.05. The molecule has 1 N–H and O–H groups in total. The Balaban J connectivity index is 2.00. The van der Waals surface area contributed by atoms with Gasteiger partial charge in [0, 0.05) is 5.69 Å². The summed E-state index contributed by atoms with van der Waals surface area (Å²) in [6.07, 6.45) is 3.17. The Labute approximate surface area is 107 Å². The number of alkyl halides is 1. The molecule has 0 saturated heterocycles. The van der Waals surface area contributed by atoms with Crippen molar-refractivity contribution >= 4 is 27.5 Å². The standard InChI is InChI=1S/C11H11BrN4O/c12-5-11(17)15-10-3-1-9(2-4-10)6-16-8-13-7-14-16/h1-4,7-8H,5-6H2,(H,15,17). The summed E-state index contributed by atoms with van der Waals surface area (Å²) < 4.78 is 1.74. The van der Waals surface area contributed by atoms with Gasteiger partial charge in [0.15, 0.2) is 0 Å². The van der Waals surface area contributed by atoms with E-state index in [1.165, 1.54) is 6.33 Å². The van der Waals surface area contributed by atoms with E-state index in [9.17, 15) is 4.79 Å². The Kier molecular flexibility index (Phi) is 3.87.